The summed E-state index contributed by atoms with van der Waals surface area (Å²) in [6.07, 6.45) is -0.363. The maximum absolute atomic E-state index is 12.2. The van der Waals surface area contributed by atoms with Crippen molar-refractivity contribution in [1.82, 2.24) is 0 Å². The maximum Gasteiger partial charge on any atom is 0.396 e. The smallest absolute Gasteiger partial charge is 0.396 e. The van der Waals surface area contributed by atoms with E-state index in [1.807, 2.05) is 0 Å². The minimum absolute atomic E-state index is 0.160. The summed E-state index contributed by atoms with van der Waals surface area (Å²) in [5, 5.41) is 0. The molecule has 0 aliphatic heterocycles. The summed E-state index contributed by atoms with van der Waals surface area (Å²) < 4.78 is 36.6. The zero-order chi connectivity index (χ0) is 9.35. The Kier molecular flexibility index (Phi) is 2.51. The molecule has 0 aromatic heterocycles. The first kappa shape index (κ1) is 9.64. The topological polar surface area (TPSA) is 26.0 Å². The molecule has 1 rings (SSSR count). The van der Waals surface area contributed by atoms with Crippen molar-refractivity contribution in [3.8, 4) is 0 Å². The SMILES string of the molecule is NC1=CC(C(F)(F)F)C(Br)C=C1. The van der Waals surface area contributed by atoms with Gasteiger partial charge in [-0.15, -0.1) is 0 Å². The molecule has 0 radical (unpaired) electrons. The molecular formula is C7H7BrF3N. The first-order valence-corrected chi connectivity index (χ1v) is 4.19. The monoisotopic (exact) mass is 241 g/mol. The highest BCUT2D eigenvalue weighted by atomic mass is 79.9. The van der Waals surface area contributed by atoms with Gasteiger partial charge in [0.1, 0.15) is 0 Å². The van der Waals surface area contributed by atoms with Crippen LogP contribution in [0, 0.1) is 5.92 Å². The highest BCUT2D eigenvalue weighted by molar-refractivity contribution is 9.09. The van der Waals surface area contributed by atoms with Gasteiger partial charge < -0.3 is 5.73 Å². The van der Waals surface area contributed by atoms with E-state index in [0.717, 1.165) is 6.08 Å². The third-order valence-corrected chi connectivity index (χ3v) is 2.44. The Morgan fingerprint density at radius 1 is 1.42 bits per heavy atom. The lowest BCUT2D eigenvalue weighted by atomic mass is 9.99. The standard InChI is InChI=1S/C7H7BrF3N/c8-6-2-1-4(12)3-5(6)7(9,10)11/h1-3,5-6H,12H2. The second-order valence-corrected chi connectivity index (χ2v) is 3.59. The van der Waals surface area contributed by atoms with Gasteiger partial charge in [-0.25, -0.2) is 0 Å². The molecule has 0 saturated heterocycles. The summed E-state index contributed by atoms with van der Waals surface area (Å²) in [5.41, 5.74) is 5.40. The molecule has 2 N–H and O–H groups in total. The molecular weight excluding hydrogens is 235 g/mol. The Balaban J connectivity index is 2.85. The van der Waals surface area contributed by atoms with Crippen LogP contribution in [0.25, 0.3) is 0 Å². The summed E-state index contributed by atoms with van der Waals surface area (Å²) in [5.74, 6) is -1.51. The maximum atomic E-state index is 12.2. The number of nitrogens with two attached hydrogens (primary N) is 1. The predicted molar refractivity (Wildman–Crippen MR) is 43.7 cm³/mol. The molecule has 2 atom stereocenters. The highest BCUT2D eigenvalue weighted by Gasteiger charge is 2.42. The molecule has 1 aliphatic carbocycles. The summed E-state index contributed by atoms with van der Waals surface area (Å²) in [4.78, 5) is -0.704. The molecule has 0 aromatic rings. The van der Waals surface area contributed by atoms with Crippen LogP contribution in [0.5, 0.6) is 0 Å². The predicted octanol–water partition coefficient (Wildman–Crippen LogP) is 2.34. The number of rotatable bonds is 0. The van der Waals surface area contributed by atoms with E-state index in [1.54, 1.807) is 0 Å². The lowest BCUT2D eigenvalue weighted by Gasteiger charge is -2.22. The number of hydrogen-bond acceptors (Lipinski definition) is 1. The number of hydrogen-bond donors (Lipinski definition) is 1. The summed E-state index contributed by atoms with van der Waals surface area (Å²) in [7, 11) is 0. The van der Waals surface area contributed by atoms with E-state index >= 15 is 0 Å². The lowest BCUT2D eigenvalue weighted by molar-refractivity contribution is -0.158. The van der Waals surface area contributed by atoms with Gasteiger partial charge in [-0.05, 0) is 12.2 Å². The van der Waals surface area contributed by atoms with Crippen molar-refractivity contribution in [3.05, 3.63) is 23.9 Å². The Labute approximate surface area is 76.2 Å². The average molecular weight is 242 g/mol. The van der Waals surface area contributed by atoms with Crippen molar-refractivity contribution in [3.63, 3.8) is 0 Å². The third kappa shape index (κ3) is 2.03. The molecule has 0 amide bonds. The first-order valence-electron chi connectivity index (χ1n) is 3.27. The van der Waals surface area contributed by atoms with Gasteiger partial charge in [0.05, 0.1) is 5.92 Å². The van der Waals surface area contributed by atoms with E-state index in [-0.39, 0.29) is 5.70 Å². The van der Waals surface area contributed by atoms with E-state index in [2.05, 4.69) is 15.9 Å². The van der Waals surface area contributed by atoms with Crippen LogP contribution in [0.4, 0.5) is 13.2 Å². The van der Waals surface area contributed by atoms with Gasteiger partial charge in [0.2, 0.25) is 0 Å². The van der Waals surface area contributed by atoms with Crippen LogP contribution in [0.3, 0.4) is 0 Å². The normalized spacial score (nSPS) is 30.2. The van der Waals surface area contributed by atoms with Crippen molar-refractivity contribution in [2.75, 3.05) is 0 Å². The molecule has 12 heavy (non-hydrogen) atoms. The molecule has 0 heterocycles. The number of halogens is 4. The van der Waals surface area contributed by atoms with E-state index in [9.17, 15) is 13.2 Å². The second-order valence-electron chi connectivity index (χ2n) is 2.54. The van der Waals surface area contributed by atoms with Crippen molar-refractivity contribution >= 4 is 15.9 Å². The van der Waals surface area contributed by atoms with E-state index in [0.29, 0.717) is 0 Å². The van der Waals surface area contributed by atoms with Crippen molar-refractivity contribution in [1.29, 1.82) is 0 Å². The van der Waals surface area contributed by atoms with Gasteiger partial charge >= 0.3 is 6.18 Å². The largest absolute Gasteiger partial charge is 0.399 e. The van der Waals surface area contributed by atoms with Crippen LogP contribution < -0.4 is 5.73 Å². The molecule has 0 spiro atoms. The van der Waals surface area contributed by atoms with Gasteiger partial charge in [-0.2, -0.15) is 13.2 Å². The van der Waals surface area contributed by atoms with Gasteiger partial charge in [0.15, 0.2) is 0 Å². The summed E-state index contributed by atoms with van der Waals surface area (Å²) in [6, 6.07) is 0. The van der Waals surface area contributed by atoms with Crippen molar-refractivity contribution in [2.24, 2.45) is 11.7 Å². The quantitative estimate of drug-likeness (QED) is 0.648. The fourth-order valence-corrected chi connectivity index (χ4v) is 1.56. The van der Waals surface area contributed by atoms with Crippen molar-refractivity contribution < 1.29 is 13.2 Å². The van der Waals surface area contributed by atoms with E-state index in [1.165, 1.54) is 12.2 Å². The number of alkyl halides is 4. The van der Waals surface area contributed by atoms with Crippen LogP contribution in [-0.4, -0.2) is 11.0 Å². The molecule has 5 heteroatoms. The van der Waals surface area contributed by atoms with Gasteiger partial charge in [0, 0.05) is 10.5 Å². The molecule has 68 valence electrons. The molecule has 2 unspecified atom stereocenters. The van der Waals surface area contributed by atoms with Gasteiger partial charge in [-0.3, -0.25) is 0 Å². The highest BCUT2D eigenvalue weighted by Crippen LogP contribution is 2.36. The van der Waals surface area contributed by atoms with Crippen LogP contribution in [-0.2, 0) is 0 Å². The Bertz CT molecular complexity index is 231. The first-order chi connectivity index (χ1) is 5.41. The van der Waals surface area contributed by atoms with Crippen molar-refractivity contribution in [2.45, 2.75) is 11.0 Å². The molecule has 0 aromatic carbocycles. The van der Waals surface area contributed by atoms with Crippen LogP contribution in [0.15, 0.2) is 23.9 Å². The van der Waals surface area contributed by atoms with Crippen LogP contribution >= 0.6 is 15.9 Å². The van der Waals surface area contributed by atoms with Crippen LogP contribution in [0.1, 0.15) is 0 Å². The second kappa shape index (κ2) is 3.12. The molecule has 1 nitrogen and oxygen atoms in total. The molecule has 0 fully saturated rings. The zero-order valence-electron chi connectivity index (χ0n) is 5.98. The van der Waals surface area contributed by atoms with E-state index < -0.39 is 16.9 Å². The summed E-state index contributed by atoms with van der Waals surface area (Å²) >= 11 is 2.91. The molecule has 1 aliphatic rings. The average Bonchev–Trinajstić information content (AvgIpc) is 1.92. The lowest BCUT2D eigenvalue weighted by Crippen LogP contribution is -2.30. The molecule has 0 bridgehead atoms. The van der Waals surface area contributed by atoms with Gasteiger partial charge in [-0.1, -0.05) is 22.0 Å². The van der Waals surface area contributed by atoms with Crippen LogP contribution in [0.2, 0.25) is 0 Å². The fraction of sp³-hybridized carbons (Fsp3) is 0.429. The fourth-order valence-electron chi connectivity index (χ4n) is 0.953. The third-order valence-electron chi connectivity index (χ3n) is 1.57. The van der Waals surface area contributed by atoms with Gasteiger partial charge in [0.25, 0.3) is 0 Å². The Morgan fingerprint density at radius 2 is 2.00 bits per heavy atom. The number of allylic oxidation sites excluding steroid dienone is 3. The Morgan fingerprint density at radius 3 is 2.42 bits per heavy atom. The minimum atomic E-state index is -4.23. The molecule has 0 saturated carbocycles. The van der Waals surface area contributed by atoms with E-state index in [4.69, 9.17) is 5.73 Å². The Hall–Kier alpha value is -0.450. The minimum Gasteiger partial charge on any atom is -0.399 e. The summed E-state index contributed by atoms with van der Waals surface area (Å²) in [6.45, 7) is 0. The zero-order valence-corrected chi connectivity index (χ0v) is 7.56.